The molecule has 8 nitrogen and oxygen atoms in total. The van der Waals surface area contributed by atoms with Gasteiger partial charge in [-0.05, 0) is 31.0 Å². The molecule has 1 aliphatic heterocycles. The maximum absolute atomic E-state index is 12.5. The molecule has 25 heavy (non-hydrogen) atoms. The molecule has 0 unspecified atom stereocenters. The smallest absolute Gasteiger partial charge is 0.318 e. The average Bonchev–Trinajstić information content (AvgIpc) is 3.30. The molecule has 130 valence electrons. The van der Waals surface area contributed by atoms with Crippen molar-refractivity contribution < 1.29 is 9.32 Å². The Balaban J connectivity index is 1.49. The van der Waals surface area contributed by atoms with E-state index in [9.17, 15) is 4.79 Å². The monoisotopic (exact) mass is 360 g/mol. The number of benzene rings is 1. The van der Waals surface area contributed by atoms with Gasteiger partial charge in [-0.3, -0.25) is 0 Å². The number of nitrogens with zero attached hydrogens (tertiary/aromatic N) is 4. The van der Waals surface area contributed by atoms with Crippen LogP contribution in [0.2, 0.25) is 5.02 Å². The highest BCUT2D eigenvalue weighted by Crippen LogP contribution is 2.31. The van der Waals surface area contributed by atoms with Crippen molar-refractivity contribution in [3.63, 3.8) is 0 Å². The second-order valence-electron chi connectivity index (χ2n) is 6.02. The largest absolute Gasteiger partial charge is 0.340 e. The highest BCUT2D eigenvalue weighted by molar-refractivity contribution is 6.31. The summed E-state index contributed by atoms with van der Waals surface area (Å²) < 4.78 is 4.90. The number of hydrogen-bond donors (Lipinski definition) is 2. The van der Waals surface area contributed by atoms with E-state index in [0.29, 0.717) is 23.3 Å². The summed E-state index contributed by atoms with van der Waals surface area (Å²) in [6.07, 6.45) is 1.79. The minimum absolute atomic E-state index is 0.0850. The Labute approximate surface area is 148 Å². The van der Waals surface area contributed by atoms with Crippen LogP contribution in [0.1, 0.15) is 36.4 Å². The Hall–Kier alpha value is -2.61. The van der Waals surface area contributed by atoms with Crippen molar-refractivity contribution >= 4 is 28.7 Å². The predicted molar refractivity (Wildman–Crippen MR) is 91.1 cm³/mol. The summed E-state index contributed by atoms with van der Waals surface area (Å²) >= 11 is 6.03. The number of carbonyl (C=O) groups is 1. The lowest BCUT2D eigenvalue weighted by Crippen LogP contribution is -2.39. The lowest BCUT2D eigenvalue weighted by atomic mass is 10.2. The van der Waals surface area contributed by atoms with E-state index < -0.39 is 0 Å². The molecule has 0 aliphatic carbocycles. The van der Waals surface area contributed by atoms with Gasteiger partial charge < -0.3 is 19.7 Å². The highest BCUT2D eigenvalue weighted by atomic mass is 35.5. The molecule has 4 rings (SSSR count). The number of imidazole rings is 1. The van der Waals surface area contributed by atoms with Crippen molar-refractivity contribution in [1.29, 1.82) is 0 Å². The van der Waals surface area contributed by atoms with Gasteiger partial charge in [0.25, 0.3) is 0 Å². The van der Waals surface area contributed by atoms with Crippen molar-refractivity contribution in [2.75, 3.05) is 6.54 Å². The van der Waals surface area contributed by atoms with Gasteiger partial charge >= 0.3 is 6.03 Å². The van der Waals surface area contributed by atoms with Crippen LogP contribution in [0.5, 0.6) is 0 Å². The Morgan fingerprint density at radius 1 is 1.48 bits per heavy atom. The van der Waals surface area contributed by atoms with Gasteiger partial charge in [0.05, 0.1) is 23.6 Å². The Kier molecular flexibility index (Phi) is 4.04. The molecule has 2 aromatic heterocycles. The third-order valence-electron chi connectivity index (χ3n) is 4.26. The number of aromatic nitrogens is 4. The van der Waals surface area contributed by atoms with Gasteiger partial charge in [-0.2, -0.15) is 4.98 Å². The number of fused-ring (bicyclic) bond motifs is 1. The Morgan fingerprint density at radius 3 is 3.16 bits per heavy atom. The summed E-state index contributed by atoms with van der Waals surface area (Å²) in [6.45, 7) is 2.62. The van der Waals surface area contributed by atoms with E-state index in [-0.39, 0.29) is 18.6 Å². The maximum atomic E-state index is 12.5. The van der Waals surface area contributed by atoms with Crippen molar-refractivity contribution in [3.05, 3.63) is 40.8 Å². The van der Waals surface area contributed by atoms with Crippen LogP contribution in [0.4, 0.5) is 4.79 Å². The van der Waals surface area contributed by atoms with Crippen LogP contribution in [-0.2, 0) is 6.54 Å². The zero-order chi connectivity index (χ0) is 17.4. The van der Waals surface area contributed by atoms with Crippen LogP contribution in [0.25, 0.3) is 11.0 Å². The van der Waals surface area contributed by atoms with E-state index >= 15 is 0 Å². The molecule has 1 aromatic carbocycles. The van der Waals surface area contributed by atoms with E-state index in [1.807, 2.05) is 12.1 Å². The molecule has 2 amide bonds. The number of nitrogens with one attached hydrogen (secondary N) is 2. The highest BCUT2D eigenvalue weighted by Gasteiger charge is 2.32. The van der Waals surface area contributed by atoms with Crippen LogP contribution in [0, 0.1) is 6.92 Å². The van der Waals surface area contributed by atoms with Gasteiger partial charge in [0.2, 0.25) is 5.89 Å². The third-order valence-corrected chi connectivity index (χ3v) is 4.49. The SMILES string of the molecule is Cc1nc(CNC(=O)N2CCC[C@H]2c2nc3ccc(Cl)cc3[nH]2)no1. The molecule has 3 aromatic rings. The predicted octanol–water partition coefficient (Wildman–Crippen LogP) is 2.95. The molecule has 2 N–H and O–H groups in total. The second-order valence-corrected chi connectivity index (χ2v) is 6.46. The fourth-order valence-electron chi connectivity index (χ4n) is 3.12. The van der Waals surface area contributed by atoms with E-state index in [1.165, 1.54) is 0 Å². The summed E-state index contributed by atoms with van der Waals surface area (Å²) in [5, 5.41) is 7.27. The zero-order valence-corrected chi connectivity index (χ0v) is 14.4. The van der Waals surface area contributed by atoms with Crippen LogP contribution in [-0.4, -0.2) is 37.6 Å². The summed E-state index contributed by atoms with van der Waals surface area (Å²) in [4.78, 5) is 26.3. The van der Waals surface area contributed by atoms with Crippen molar-refractivity contribution in [2.45, 2.75) is 32.4 Å². The van der Waals surface area contributed by atoms with Crippen LogP contribution in [0.3, 0.4) is 0 Å². The van der Waals surface area contributed by atoms with Gasteiger partial charge in [-0.1, -0.05) is 16.8 Å². The molecular formula is C16H17ClN6O2. The minimum Gasteiger partial charge on any atom is -0.340 e. The number of likely N-dealkylation sites (tertiary alicyclic amines) is 1. The molecule has 1 fully saturated rings. The van der Waals surface area contributed by atoms with Crippen molar-refractivity contribution in [3.8, 4) is 0 Å². The van der Waals surface area contributed by atoms with Crippen molar-refractivity contribution in [1.82, 2.24) is 30.3 Å². The number of urea groups is 1. The molecule has 0 saturated carbocycles. The first-order chi connectivity index (χ1) is 12.1. The average molecular weight is 361 g/mol. The van der Waals surface area contributed by atoms with Crippen LogP contribution < -0.4 is 5.32 Å². The van der Waals surface area contributed by atoms with Crippen LogP contribution in [0.15, 0.2) is 22.7 Å². The normalized spacial score (nSPS) is 17.4. The quantitative estimate of drug-likeness (QED) is 0.748. The van der Waals surface area contributed by atoms with Crippen LogP contribution >= 0.6 is 11.6 Å². The lowest BCUT2D eigenvalue weighted by Gasteiger charge is -2.23. The first-order valence-electron chi connectivity index (χ1n) is 8.09. The molecular weight excluding hydrogens is 344 g/mol. The van der Waals surface area contributed by atoms with Gasteiger partial charge in [0, 0.05) is 18.5 Å². The Morgan fingerprint density at radius 2 is 2.36 bits per heavy atom. The lowest BCUT2D eigenvalue weighted by molar-refractivity contribution is 0.190. The number of hydrogen-bond acceptors (Lipinski definition) is 5. The number of rotatable bonds is 3. The molecule has 0 bridgehead atoms. The number of halogens is 1. The maximum Gasteiger partial charge on any atom is 0.318 e. The van der Waals surface area contributed by atoms with Gasteiger partial charge in [-0.15, -0.1) is 0 Å². The number of carbonyl (C=O) groups excluding carboxylic acids is 1. The number of H-pyrrole nitrogens is 1. The molecule has 0 spiro atoms. The molecule has 3 heterocycles. The van der Waals surface area contributed by atoms with E-state index in [0.717, 1.165) is 29.7 Å². The molecule has 1 saturated heterocycles. The number of aromatic amines is 1. The minimum atomic E-state index is -0.163. The van der Waals surface area contributed by atoms with Crippen molar-refractivity contribution in [2.24, 2.45) is 0 Å². The number of aryl methyl sites for hydroxylation is 1. The Bertz CT molecular complexity index is 920. The van der Waals surface area contributed by atoms with E-state index in [1.54, 1.807) is 17.9 Å². The van der Waals surface area contributed by atoms with E-state index in [2.05, 4.69) is 25.4 Å². The van der Waals surface area contributed by atoms with E-state index in [4.69, 9.17) is 16.1 Å². The van der Waals surface area contributed by atoms with Gasteiger partial charge in [0.15, 0.2) is 5.82 Å². The second kappa shape index (κ2) is 6.36. The number of amides is 2. The molecule has 9 heteroatoms. The third kappa shape index (κ3) is 3.17. The fourth-order valence-corrected chi connectivity index (χ4v) is 3.29. The molecule has 0 radical (unpaired) electrons. The first kappa shape index (κ1) is 15.9. The zero-order valence-electron chi connectivity index (χ0n) is 13.6. The summed E-state index contributed by atoms with van der Waals surface area (Å²) in [5.41, 5.74) is 1.71. The van der Waals surface area contributed by atoms with Gasteiger partial charge in [-0.25, -0.2) is 9.78 Å². The molecule has 1 aliphatic rings. The standard InChI is InChI=1S/C16H17ClN6O2/c1-9-19-14(22-25-9)8-18-16(24)23-6-2-3-13(23)15-20-11-5-4-10(17)7-12(11)21-15/h4-5,7,13H,2-3,6,8H2,1H3,(H,18,24)(H,20,21)/t13-/m0/s1. The summed E-state index contributed by atoms with van der Waals surface area (Å²) in [6, 6.07) is 5.27. The first-order valence-corrected chi connectivity index (χ1v) is 8.47. The van der Waals surface area contributed by atoms with Gasteiger partial charge in [0.1, 0.15) is 5.82 Å². The molecule has 1 atom stereocenters. The summed E-state index contributed by atoms with van der Waals surface area (Å²) in [5.74, 6) is 1.71. The summed E-state index contributed by atoms with van der Waals surface area (Å²) in [7, 11) is 0. The fraction of sp³-hybridized carbons (Fsp3) is 0.375. The topological polar surface area (TPSA) is 99.9 Å².